The van der Waals surface area contributed by atoms with Gasteiger partial charge in [0.05, 0.1) is 25.3 Å². The third kappa shape index (κ3) is 6.71. The van der Waals surface area contributed by atoms with Crippen LogP contribution in [0.5, 0.6) is 11.5 Å². The van der Waals surface area contributed by atoms with Gasteiger partial charge in [0.2, 0.25) is 11.9 Å². The number of methoxy groups -OCH3 is 2. The molecule has 0 aliphatic heterocycles. The number of rotatable bonds is 12. The third-order valence-corrected chi connectivity index (χ3v) is 5.90. The number of nitrogens with zero attached hydrogens (tertiary/aromatic N) is 2. The number of unbranched alkanes of at least 4 members (excludes halogenated alkanes) is 1. The Morgan fingerprint density at radius 3 is 2.50 bits per heavy atom. The van der Waals surface area contributed by atoms with Crippen LogP contribution in [-0.2, 0) is 11.3 Å². The van der Waals surface area contributed by atoms with E-state index in [1.54, 1.807) is 20.3 Å². The zero-order chi connectivity index (χ0) is 26.3. The van der Waals surface area contributed by atoms with Gasteiger partial charge in [0, 0.05) is 43.1 Å². The summed E-state index contributed by atoms with van der Waals surface area (Å²) in [6.07, 6.45) is 2.58. The molecule has 1 atom stereocenters. The molecule has 1 heterocycles. The van der Waals surface area contributed by atoms with E-state index in [9.17, 15) is 13.6 Å². The van der Waals surface area contributed by atoms with Crippen molar-refractivity contribution in [2.75, 3.05) is 31.4 Å². The maximum absolute atomic E-state index is 14.2. The second kappa shape index (κ2) is 11.8. The molecule has 0 bridgehead atoms. The SMILES string of the molecule is CCCCC(C)(CNC(C)=O)Nc1nc(NCc2ccc(OC)cc2OC)nc2cc(F)c(F)cc12. The molecule has 10 heteroatoms. The number of fused-ring (bicyclic) bond motifs is 1. The number of hydrogen-bond acceptors (Lipinski definition) is 7. The van der Waals surface area contributed by atoms with E-state index >= 15 is 0 Å². The first-order valence-corrected chi connectivity index (χ1v) is 11.8. The number of hydrogen-bond donors (Lipinski definition) is 3. The maximum atomic E-state index is 14.2. The van der Waals surface area contributed by atoms with Crippen molar-refractivity contribution in [2.45, 2.75) is 52.1 Å². The summed E-state index contributed by atoms with van der Waals surface area (Å²) in [7, 11) is 3.14. The molecule has 0 spiro atoms. The quantitative estimate of drug-likeness (QED) is 0.320. The Labute approximate surface area is 209 Å². The molecule has 1 amide bonds. The van der Waals surface area contributed by atoms with Gasteiger partial charge in [-0.25, -0.2) is 13.8 Å². The van der Waals surface area contributed by atoms with E-state index in [0.717, 1.165) is 37.0 Å². The second-order valence-electron chi connectivity index (χ2n) is 8.91. The van der Waals surface area contributed by atoms with Gasteiger partial charge in [0.25, 0.3) is 0 Å². The van der Waals surface area contributed by atoms with Gasteiger partial charge < -0.3 is 25.4 Å². The first kappa shape index (κ1) is 26.9. The lowest BCUT2D eigenvalue weighted by Crippen LogP contribution is -2.46. The summed E-state index contributed by atoms with van der Waals surface area (Å²) < 4.78 is 39.0. The number of ether oxygens (including phenoxy) is 2. The summed E-state index contributed by atoms with van der Waals surface area (Å²) in [5.41, 5.74) is 0.498. The van der Waals surface area contributed by atoms with Gasteiger partial charge in [-0.3, -0.25) is 4.79 Å². The van der Waals surface area contributed by atoms with Crippen molar-refractivity contribution in [2.24, 2.45) is 0 Å². The van der Waals surface area contributed by atoms with Crippen molar-refractivity contribution in [3.63, 3.8) is 0 Å². The first-order chi connectivity index (χ1) is 17.2. The van der Waals surface area contributed by atoms with Crippen LogP contribution in [0.1, 0.15) is 45.6 Å². The lowest BCUT2D eigenvalue weighted by atomic mass is 9.94. The second-order valence-corrected chi connectivity index (χ2v) is 8.91. The molecule has 3 rings (SSSR count). The highest BCUT2D eigenvalue weighted by Crippen LogP contribution is 2.30. The smallest absolute Gasteiger partial charge is 0.225 e. The van der Waals surface area contributed by atoms with Crippen LogP contribution in [0.4, 0.5) is 20.5 Å². The number of aromatic nitrogens is 2. The summed E-state index contributed by atoms with van der Waals surface area (Å²) >= 11 is 0. The maximum Gasteiger partial charge on any atom is 0.225 e. The van der Waals surface area contributed by atoms with Crippen molar-refractivity contribution >= 4 is 28.6 Å². The molecule has 36 heavy (non-hydrogen) atoms. The molecule has 2 aromatic carbocycles. The predicted octanol–water partition coefficient (Wildman–Crippen LogP) is 5.03. The summed E-state index contributed by atoms with van der Waals surface area (Å²) in [5, 5.41) is 9.71. The Balaban J connectivity index is 1.98. The Hall–Kier alpha value is -3.69. The average Bonchev–Trinajstić information content (AvgIpc) is 2.86. The Bertz CT molecular complexity index is 1220. The van der Waals surface area contributed by atoms with Crippen molar-refractivity contribution < 1.29 is 23.0 Å². The molecular formula is C26H33F2N5O3. The predicted molar refractivity (Wildman–Crippen MR) is 137 cm³/mol. The van der Waals surface area contributed by atoms with Gasteiger partial charge in [-0.05, 0) is 31.5 Å². The average molecular weight is 502 g/mol. The molecule has 8 nitrogen and oxygen atoms in total. The summed E-state index contributed by atoms with van der Waals surface area (Å²) in [4.78, 5) is 20.6. The van der Waals surface area contributed by atoms with E-state index in [1.165, 1.54) is 6.92 Å². The minimum atomic E-state index is -0.998. The number of anilines is 2. The van der Waals surface area contributed by atoms with E-state index in [4.69, 9.17) is 9.47 Å². The van der Waals surface area contributed by atoms with E-state index < -0.39 is 17.2 Å². The van der Waals surface area contributed by atoms with Crippen LogP contribution in [-0.4, -0.2) is 42.2 Å². The largest absolute Gasteiger partial charge is 0.497 e. The zero-order valence-electron chi connectivity index (χ0n) is 21.3. The molecule has 0 radical (unpaired) electrons. The molecule has 0 aliphatic carbocycles. The number of nitrogens with one attached hydrogen (secondary N) is 3. The van der Waals surface area contributed by atoms with Gasteiger partial charge >= 0.3 is 0 Å². The normalized spacial score (nSPS) is 12.6. The van der Waals surface area contributed by atoms with E-state index in [1.807, 2.05) is 19.1 Å². The van der Waals surface area contributed by atoms with Crippen molar-refractivity contribution in [1.29, 1.82) is 0 Å². The lowest BCUT2D eigenvalue weighted by Gasteiger charge is -2.32. The van der Waals surface area contributed by atoms with Gasteiger partial charge in [-0.15, -0.1) is 0 Å². The first-order valence-electron chi connectivity index (χ1n) is 11.8. The number of halogens is 2. The van der Waals surface area contributed by atoms with Crippen molar-refractivity contribution in [3.8, 4) is 11.5 Å². The highest BCUT2D eigenvalue weighted by molar-refractivity contribution is 5.90. The highest BCUT2D eigenvalue weighted by atomic mass is 19.2. The van der Waals surface area contributed by atoms with Crippen LogP contribution in [0.3, 0.4) is 0 Å². The standard InChI is InChI=1S/C26H33F2N5O3/c1-6-7-10-26(3,15-30-16(2)34)33-24-19-12-20(27)21(28)13-22(19)31-25(32-24)29-14-17-8-9-18(35-4)11-23(17)36-5/h8-9,11-13H,6-7,10,14-15H2,1-5H3,(H,30,34)(H2,29,31,32,33). The molecule has 0 saturated heterocycles. The molecule has 1 aromatic heterocycles. The van der Waals surface area contributed by atoms with Gasteiger partial charge in [-0.2, -0.15) is 4.98 Å². The number of carbonyl (C=O) groups is 1. The Morgan fingerprint density at radius 1 is 1.08 bits per heavy atom. The molecule has 0 aliphatic rings. The topological polar surface area (TPSA) is 97.4 Å². The fourth-order valence-electron chi connectivity index (χ4n) is 3.84. The highest BCUT2D eigenvalue weighted by Gasteiger charge is 2.26. The third-order valence-electron chi connectivity index (χ3n) is 5.90. The van der Waals surface area contributed by atoms with Gasteiger partial charge in [0.1, 0.15) is 17.3 Å². The van der Waals surface area contributed by atoms with Crippen molar-refractivity contribution in [1.82, 2.24) is 15.3 Å². The zero-order valence-corrected chi connectivity index (χ0v) is 21.3. The van der Waals surface area contributed by atoms with Crippen LogP contribution in [0.25, 0.3) is 10.9 Å². The molecule has 3 aromatic rings. The molecule has 194 valence electrons. The summed E-state index contributed by atoms with van der Waals surface area (Å²) in [6, 6.07) is 7.57. The Kier molecular flexibility index (Phi) is 8.84. The van der Waals surface area contributed by atoms with Crippen LogP contribution < -0.4 is 25.4 Å². The van der Waals surface area contributed by atoms with Crippen LogP contribution in [0, 0.1) is 11.6 Å². The van der Waals surface area contributed by atoms with Crippen molar-refractivity contribution in [3.05, 3.63) is 47.5 Å². The summed E-state index contributed by atoms with van der Waals surface area (Å²) in [6.45, 7) is 6.15. The number of amides is 1. The lowest BCUT2D eigenvalue weighted by molar-refractivity contribution is -0.119. The van der Waals surface area contributed by atoms with Crippen LogP contribution in [0.2, 0.25) is 0 Å². The monoisotopic (exact) mass is 501 g/mol. The van der Waals surface area contributed by atoms with E-state index in [2.05, 4.69) is 32.8 Å². The molecule has 0 saturated carbocycles. The molecule has 1 unspecified atom stereocenters. The van der Waals surface area contributed by atoms with Gasteiger partial charge in [0.15, 0.2) is 11.6 Å². The molecule has 3 N–H and O–H groups in total. The van der Waals surface area contributed by atoms with Crippen LogP contribution >= 0.6 is 0 Å². The molecular weight excluding hydrogens is 468 g/mol. The van der Waals surface area contributed by atoms with E-state index in [-0.39, 0.29) is 17.4 Å². The fourth-order valence-corrected chi connectivity index (χ4v) is 3.84. The van der Waals surface area contributed by atoms with E-state index in [0.29, 0.717) is 35.8 Å². The number of carbonyl (C=O) groups excluding carboxylic acids is 1. The van der Waals surface area contributed by atoms with Crippen LogP contribution in [0.15, 0.2) is 30.3 Å². The van der Waals surface area contributed by atoms with Gasteiger partial charge in [-0.1, -0.05) is 19.8 Å². The molecule has 0 fully saturated rings. The Morgan fingerprint density at radius 2 is 1.83 bits per heavy atom. The number of benzene rings is 2. The summed E-state index contributed by atoms with van der Waals surface area (Å²) in [5.74, 6) is -0.297. The fraction of sp³-hybridized carbons (Fsp3) is 0.423. The minimum Gasteiger partial charge on any atom is -0.497 e. The minimum absolute atomic E-state index is 0.157.